The highest BCUT2D eigenvalue weighted by atomic mass is 32.4. The van der Waals surface area contributed by atoms with Gasteiger partial charge in [0.15, 0.2) is 0 Å². The van der Waals surface area contributed by atoms with Gasteiger partial charge in [-0.15, -0.1) is 0 Å². The van der Waals surface area contributed by atoms with Crippen molar-refractivity contribution in [3.8, 4) is 0 Å². The average Bonchev–Trinajstić information content (AvgIpc) is 3.09. The summed E-state index contributed by atoms with van der Waals surface area (Å²) in [6, 6.07) is 27.7. The quantitative estimate of drug-likeness (QED) is 0.494. The fraction of sp³-hybridized carbons (Fsp3) is 0.130. The molecule has 1 N–H and O–H groups in total. The second kappa shape index (κ2) is 6.87. The summed E-state index contributed by atoms with van der Waals surface area (Å²) in [6.07, 6.45) is 0. The van der Waals surface area contributed by atoms with Crippen LogP contribution in [0.15, 0.2) is 84.9 Å². The SMILES string of the molecule is CC(C)c1[nH]c2ccccc2c1P(=S)(c1ccccc1)c1ccccc1. The first-order valence-electron chi connectivity index (χ1n) is 8.95. The summed E-state index contributed by atoms with van der Waals surface area (Å²) in [5.74, 6) is 0.382. The summed E-state index contributed by atoms with van der Waals surface area (Å²) in [4.78, 5) is 3.67. The third-order valence-corrected chi connectivity index (χ3v) is 9.81. The maximum absolute atomic E-state index is 6.58. The topological polar surface area (TPSA) is 15.8 Å². The molecule has 26 heavy (non-hydrogen) atoms. The van der Waals surface area contributed by atoms with Gasteiger partial charge in [-0.05, 0) is 22.6 Å². The predicted molar refractivity (Wildman–Crippen MR) is 118 cm³/mol. The number of benzene rings is 3. The van der Waals surface area contributed by atoms with Crippen molar-refractivity contribution in [1.29, 1.82) is 0 Å². The second-order valence-corrected chi connectivity index (χ2v) is 11.2. The fourth-order valence-corrected chi connectivity index (χ4v) is 8.09. The summed E-state index contributed by atoms with van der Waals surface area (Å²) < 4.78 is 0. The standard InChI is InChI=1S/C23H22NPS/c1-17(2)22-23(20-15-9-10-16-21(20)24-22)25(26,18-11-5-3-6-12-18)19-13-7-4-8-14-19/h3-17,24H,1-2H3. The minimum absolute atomic E-state index is 0.382. The van der Waals surface area contributed by atoms with E-state index in [2.05, 4.69) is 104 Å². The van der Waals surface area contributed by atoms with E-state index < -0.39 is 6.04 Å². The first-order valence-corrected chi connectivity index (χ1v) is 11.7. The van der Waals surface area contributed by atoms with Crippen LogP contribution in [-0.4, -0.2) is 4.98 Å². The minimum Gasteiger partial charge on any atom is -0.358 e. The van der Waals surface area contributed by atoms with Gasteiger partial charge in [-0.1, -0.05) is 105 Å². The van der Waals surface area contributed by atoms with Crippen LogP contribution in [0, 0.1) is 0 Å². The van der Waals surface area contributed by atoms with Gasteiger partial charge in [0.25, 0.3) is 0 Å². The Labute approximate surface area is 160 Å². The first-order chi connectivity index (χ1) is 12.6. The van der Waals surface area contributed by atoms with E-state index in [9.17, 15) is 0 Å². The van der Waals surface area contributed by atoms with E-state index in [1.54, 1.807) is 0 Å². The Morgan fingerprint density at radius 2 is 1.23 bits per heavy atom. The zero-order chi connectivity index (χ0) is 18.1. The van der Waals surface area contributed by atoms with Gasteiger partial charge in [0.1, 0.15) is 0 Å². The number of H-pyrrole nitrogens is 1. The van der Waals surface area contributed by atoms with E-state index >= 15 is 0 Å². The van der Waals surface area contributed by atoms with Crippen LogP contribution in [0.4, 0.5) is 0 Å². The van der Waals surface area contributed by atoms with Crippen LogP contribution in [0.25, 0.3) is 10.9 Å². The number of rotatable bonds is 4. The van der Waals surface area contributed by atoms with Gasteiger partial charge in [0.2, 0.25) is 0 Å². The van der Waals surface area contributed by atoms with E-state index in [4.69, 9.17) is 11.8 Å². The number of fused-ring (bicyclic) bond motifs is 1. The van der Waals surface area contributed by atoms with Gasteiger partial charge >= 0.3 is 0 Å². The van der Waals surface area contributed by atoms with Crippen molar-refractivity contribution in [2.24, 2.45) is 0 Å². The van der Waals surface area contributed by atoms with Crippen molar-refractivity contribution in [3.05, 3.63) is 90.6 Å². The zero-order valence-electron chi connectivity index (χ0n) is 15.0. The normalized spacial score (nSPS) is 12.0. The number of hydrogen-bond acceptors (Lipinski definition) is 1. The largest absolute Gasteiger partial charge is 0.358 e. The maximum atomic E-state index is 6.58. The molecule has 0 spiro atoms. The van der Waals surface area contributed by atoms with Gasteiger partial charge in [-0.25, -0.2) is 0 Å². The minimum atomic E-state index is -2.16. The molecule has 130 valence electrons. The molecule has 0 aliphatic heterocycles. The predicted octanol–water partition coefficient (Wildman–Crippen LogP) is 5.05. The molecule has 0 unspecified atom stereocenters. The second-order valence-electron chi connectivity index (χ2n) is 6.87. The van der Waals surface area contributed by atoms with Crippen LogP contribution >= 0.6 is 6.04 Å². The number of nitrogens with one attached hydrogen (secondary N) is 1. The molecule has 4 aromatic rings. The molecule has 4 rings (SSSR count). The number of hydrogen-bond donors (Lipinski definition) is 1. The molecule has 0 aliphatic carbocycles. The molecule has 0 radical (unpaired) electrons. The Bertz CT molecular complexity index is 1040. The van der Waals surface area contributed by atoms with Crippen molar-refractivity contribution in [2.75, 3.05) is 0 Å². The van der Waals surface area contributed by atoms with Crippen LogP contribution in [0.1, 0.15) is 25.5 Å². The van der Waals surface area contributed by atoms with Crippen molar-refractivity contribution in [2.45, 2.75) is 19.8 Å². The Morgan fingerprint density at radius 3 is 1.77 bits per heavy atom. The third-order valence-electron chi connectivity index (χ3n) is 4.84. The van der Waals surface area contributed by atoms with E-state index in [0.29, 0.717) is 5.92 Å². The lowest BCUT2D eigenvalue weighted by molar-refractivity contribution is 0.843. The van der Waals surface area contributed by atoms with Gasteiger partial charge in [0, 0.05) is 27.9 Å². The summed E-state index contributed by atoms with van der Waals surface area (Å²) >= 11 is 6.58. The molecule has 0 saturated carbocycles. The Kier molecular flexibility index (Phi) is 4.56. The molecular weight excluding hydrogens is 353 g/mol. The monoisotopic (exact) mass is 375 g/mol. The van der Waals surface area contributed by atoms with E-state index in [-0.39, 0.29) is 0 Å². The lowest BCUT2D eigenvalue weighted by Gasteiger charge is -2.26. The molecular formula is C23H22NPS. The highest BCUT2D eigenvalue weighted by Crippen LogP contribution is 2.47. The number of aromatic nitrogens is 1. The molecule has 0 bridgehead atoms. The molecule has 0 saturated heterocycles. The van der Waals surface area contributed by atoms with Crippen LogP contribution in [-0.2, 0) is 11.8 Å². The molecule has 0 aliphatic rings. The summed E-state index contributed by atoms with van der Waals surface area (Å²) in [7, 11) is 0. The molecule has 1 heterocycles. The molecule has 1 aromatic heterocycles. The van der Waals surface area contributed by atoms with Crippen LogP contribution < -0.4 is 15.9 Å². The van der Waals surface area contributed by atoms with E-state index in [0.717, 1.165) is 0 Å². The highest BCUT2D eigenvalue weighted by Gasteiger charge is 2.31. The third kappa shape index (κ3) is 2.74. The van der Waals surface area contributed by atoms with Crippen molar-refractivity contribution in [3.63, 3.8) is 0 Å². The van der Waals surface area contributed by atoms with Crippen LogP contribution in [0.2, 0.25) is 0 Å². The Hall–Kier alpha value is -2.15. The van der Waals surface area contributed by atoms with Crippen LogP contribution in [0.3, 0.4) is 0 Å². The van der Waals surface area contributed by atoms with Crippen molar-refractivity contribution >= 4 is 44.7 Å². The first kappa shape index (κ1) is 17.3. The lowest BCUT2D eigenvalue weighted by Crippen LogP contribution is -2.27. The molecule has 3 aromatic carbocycles. The maximum Gasteiger partial charge on any atom is 0.0463 e. The molecule has 0 atom stereocenters. The smallest absolute Gasteiger partial charge is 0.0463 e. The van der Waals surface area contributed by atoms with E-state index in [1.807, 2.05) is 0 Å². The molecule has 3 heteroatoms. The summed E-state index contributed by atoms with van der Waals surface area (Å²) in [5, 5.41) is 5.06. The Morgan fingerprint density at radius 1 is 0.731 bits per heavy atom. The van der Waals surface area contributed by atoms with Gasteiger partial charge in [-0.2, -0.15) is 0 Å². The molecule has 0 amide bonds. The van der Waals surface area contributed by atoms with Gasteiger partial charge in [-0.3, -0.25) is 0 Å². The van der Waals surface area contributed by atoms with Crippen molar-refractivity contribution < 1.29 is 0 Å². The number of para-hydroxylation sites is 1. The molecule has 0 fully saturated rings. The van der Waals surface area contributed by atoms with Gasteiger partial charge < -0.3 is 4.98 Å². The highest BCUT2D eigenvalue weighted by molar-refractivity contribution is 8.25. The van der Waals surface area contributed by atoms with E-state index in [1.165, 1.54) is 32.5 Å². The summed E-state index contributed by atoms with van der Waals surface area (Å²) in [6.45, 7) is 4.48. The molecule has 1 nitrogen and oxygen atoms in total. The van der Waals surface area contributed by atoms with Gasteiger partial charge in [0.05, 0.1) is 0 Å². The van der Waals surface area contributed by atoms with Crippen LogP contribution in [0.5, 0.6) is 0 Å². The lowest BCUT2D eigenvalue weighted by atomic mass is 10.1. The van der Waals surface area contributed by atoms with Crippen molar-refractivity contribution in [1.82, 2.24) is 4.98 Å². The fourth-order valence-electron chi connectivity index (χ4n) is 3.59. The number of aromatic amines is 1. The average molecular weight is 375 g/mol. The summed E-state index contributed by atoms with van der Waals surface area (Å²) in [5.41, 5.74) is 2.44. The Balaban J connectivity index is 2.14. The zero-order valence-corrected chi connectivity index (χ0v) is 16.7.